The molecule has 0 aromatic heterocycles. The first-order chi connectivity index (χ1) is 7.60. The van der Waals surface area contributed by atoms with Crippen LogP contribution in [0, 0.1) is 5.82 Å². The fourth-order valence-corrected chi connectivity index (χ4v) is 1.27. The lowest BCUT2D eigenvalue weighted by molar-refractivity contribution is 0.0908. The maximum Gasteiger partial charge on any atom is 0.258 e. The van der Waals surface area contributed by atoms with Crippen LogP contribution in [0.1, 0.15) is 23.7 Å². The second-order valence-corrected chi connectivity index (χ2v) is 3.40. The van der Waals surface area contributed by atoms with Gasteiger partial charge in [0.05, 0.1) is 12.6 Å². The van der Waals surface area contributed by atoms with E-state index in [1.165, 1.54) is 12.1 Å². The van der Waals surface area contributed by atoms with Crippen molar-refractivity contribution in [3.8, 4) is 5.75 Å². The molecular formula is C11H14FNO3. The Morgan fingerprint density at radius 3 is 2.75 bits per heavy atom. The van der Waals surface area contributed by atoms with Crippen molar-refractivity contribution in [3.05, 3.63) is 29.6 Å². The lowest BCUT2D eigenvalue weighted by atomic mass is 10.1. The van der Waals surface area contributed by atoms with E-state index in [4.69, 9.17) is 5.11 Å². The zero-order valence-electron chi connectivity index (χ0n) is 8.90. The zero-order chi connectivity index (χ0) is 12.1. The van der Waals surface area contributed by atoms with Crippen molar-refractivity contribution < 1.29 is 19.4 Å². The Labute approximate surface area is 92.7 Å². The van der Waals surface area contributed by atoms with Crippen LogP contribution in [-0.4, -0.2) is 28.8 Å². The second-order valence-electron chi connectivity index (χ2n) is 3.40. The molecule has 16 heavy (non-hydrogen) atoms. The summed E-state index contributed by atoms with van der Waals surface area (Å²) in [5.41, 5.74) is -0.394. The third-order valence-corrected chi connectivity index (χ3v) is 2.27. The van der Waals surface area contributed by atoms with Gasteiger partial charge < -0.3 is 15.5 Å². The summed E-state index contributed by atoms with van der Waals surface area (Å²) in [7, 11) is 0. The highest BCUT2D eigenvalue weighted by Crippen LogP contribution is 2.19. The largest absolute Gasteiger partial charge is 0.507 e. The molecule has 0 fully saturated rings. The molecule has 1 atom stereocenters. The first kappa shape index (κ1) is 12.4. The van der Waals surface area contributed by atoms with Crippen LogP contribution in [0.3, 0.4) is 0 Å². The molecule has 0 saturated heterocycles. The Kier molecular flexibility index (Phi) is 4.25. The lowest BCUT2D eigenvalue weighted by Gasteiger charge is -2.14. The molecule has 0 unspecified atom stereocenters. The molecule has 0 saturated carbocycles. The van der Waals surface area contributed by atoms with E-state index >= 15 is 0 Å². The molecule has 0 aliphatic carbocycles. The summed E-state index contributed by atoms with van der Waals surface area (Å²) >= 11 is 0. The molecule has 0 spiro atoms. The van der Waals surface area contributed by atoms with Gasteiger partial charge in [-0.2, -0.15) is 0 Å². The average molecular weight is 227 g/mol. The van der Waals surface area contributed by atoms with E-state index in [9.17, 15) is 14.3 Å². The minimum absolute atomic E-state index is 0.225. The van der Waals surface area contributed by atoms with Gasteiger partial charge in [0.25, 0.3) is 5.91 Å². The van der Waals surface area contributed by atoms with E-state index in [0.29, 0.717) is 6.42 Å². The van der Waals surface area contributed by atoms with Gasteiger partial charge in [-0.15, -0.1) is 0 Å². The molecule has 0 aliphatic heterocycles. The number of carbonyl (C=O) groups is 1. The summed E-state index contributed by atoms with van der Waals surface area (Å²) in [6.07, 6.45) is 0.525. The summed E-state index contributed by atoms with van der Waals surface area (Å²) in [6.45, 7) is 1.56. The Bertz CT molecular complexity index is 357. The van der Waals surface area contributed by atoms with Crippen molar-refractivity contribution in [2.45, 2.75) is 19.4 Å². The maximum atomic E-state index is 13.3. The van der Waals surface area contributed by atoms with Crippen LogP contribution in [0.25, 0.3) is 0 Å². The number of phenols is 1. The highest BCUT2D eigenvalue weighted by molar-refractivity contribution is 5.97. The number of phenolic OH excluding ortho intramolecular Hbond substituents is 1. The van der Waals surface area contributed by atoms with Gasteiger partial charge in [-0.05, 0) is 18.6 Å². The second kappa shape index (κ2) is 5.46. The number of aromatic hydroxyl groups is 1. The van der Waals surface area contributed by atoms with Gasteiger partial charge in [0.2, 0.25) is 0 Å². The minimum atomic E-state index is -0.787. The van der Waals surface area contributed by atoms with Gasteiger partial charge in [0.1, 0.15) is 17.1 Å². The summed E-state index contributed by atoms with van der Waals surface area (Å²) in [4.78, 5) is 11.6. The molecule has 4 nitrogen and oxygen atoms in total. The molecule has 0 bridgehead atoms. The fraction of sp³-hybridized carbons (Fsp3) is 0.364. The van der Waals surface area contributed by atoms with Crippen LogP contribution in [-0.2, 0) is 0 Å². The van der Waals surface area contributed by atoms with Crippen molar-refractivity contribution in [2.75, 3.05) is 6.61 Å². The van der Waals surface area contributed by atoms with E-state index in [-0.39, 0.29) is 6.61 Å². The minimum Gasteiger partial charge on any atom is -0.507 e. The van der Waals surface area contributed by atoms with Gasteiger partial charge in [-0.1, -0.05) is 13.0 Å². The standard InChI is InChI=1S/C11H14FNO3/c1-2-7(6-14)13-11(16)10-8(12)4-3-5-9(10)15/h3-5,7,14-15H,2,6H2,1H3,(H,13,16)/t7-/m0/s1. The van der Waals surface area contributed by atoms with Crippen LogP contribution >= 0.6 is 0 Å². The highest BCUT2D eigenvalue weighted by atomic mass is 19.1. The predicted molar refractivity (Wildman–Crippen MR) is 56.7 cm³/mol. The van der Waals surface area contributed by atoms with Gasteiger partial charge >= 0.3 is 0 Å². The number of aliphatic hydroxyl groups excluding tert-OH is 1. The molecular weight excluding hydrogens is 213 g/mol. The fourth-order valence-electron chi connectivity index (χ4n) is 1.27. The molecule has 1 rings (SSSR count). The van der Waals surface area contributed by atoms with Gasteiger partial charge in [-0.3, -0.25) is 4.79 Å². The summed E-state index contributed by atoms with van der Waals surface area (Å²) in [6, 6.07) is 3.20. The van der Waals surface area contributed by atoms with Gasteiger partial charge in [0.15, 0.2) is 0 Å². The molecule has 0 aliphatic rings. The number of hydrogen-bond acceptors (Lipinski definition) is 3. The van der Waals surface area contributed by atoms with Crippen LogP contribution in [0.2, 0.25) is 0 Å². The van der Waals surface area contributed by atoms with Crippen LogP contribution in [0.5, 0.6) is 5.75 Å². The number of halogens is 1. The van der Waals surface area contributed by atoms with Gasteiger partial charge in [-0.25, -0.2) is 4.39 Å². The van der Waals surface area contributed by atoms with Crippen molar-refractivity contribution in [2.24, 2.45) is 0 Å². The monoisotopic (exact) mass is 227 g/mol. The molecule has 3 N–H and O–H groups in total. The summed E-state index contributed by atoms with van der Waals surface area (Å²) < 4.78 is 13.3. The molecule has 5 heteroatoms. The number of aliphatic hydroxyl groups is 1. The molecule has 1 amide bonds. The van der Waals surface area contributed by atoms with E-state index < -0.39 is 29.1 Å². The first-order valence-electron chi connectivity index (χ1n) is 4.99. The molecule has 0 radical (unpaired) electrons. The van der Waals surface area contributed by atoms with Crippen molar-refractivity contribution >= 4 is 5.91 Å². The van der Waals surface area contributed by atoms with E-state index in [2.05, 4.69) is 5.32 Å². The number of benzene rings is 1. The van der Waals surface area contributed by atoms with E-state index in [1.54, 1.807) is 6.92 Å². The Hall–Kier alpha value is -1.62. The summed E-state index contributed by atoms with van der Waals surface area (Å²) in [5, 5.41) is 20.7. The molecule has 1 aromatic carbocycles. The SMILES string of the molecule is CC[C@@H](CO)NC(=O)c1c(O)cccc1F. The van der Waals surface area contributed by atoms with Crippen LogP contribution in [0.15, 0.2) is 18.2 Å². The highest BCUT2D eigenvalue weighted by Gasteiger charge is 2.18. The number of hydrogen-bond donors (Lipinski definition) is 3. The van der Waals surface area contributed by atoms with Gasteiger partial charge in [0, 0.05) is 0 Å². The van der Waals surface area contributed by atoms with Crippen molar-refractivity contribution in [1.29, 1.82) is 0 Å². The first-order valence-corrected chi connectivity index (χ1v) is 4.99. The molecule has 0 heterocycles. The number of amides is 1. The Morgan fingerprint density at radius 2 is 2.25 bits per heavy atom. The number of carbonyl (C=O) groups excluding carboxylic acids is 1. The topological polar surface area (TPSA) is 69.6 Å². The van der Waals surface area contributed by atoms with Crippen LogP contribution in [0.4, 0.5) is 4.39 Å². The summed E-state index contributed by atoms with van der Waals surface area (Å²) in [5.74, 6) is -1.92. The normalized spacial score (nSPS) is 12.2. The Morgan fingerprint density at radius 1 is 1.56 bits per heavy atom. The van der Waals surface area contributed by atoms with Crippen LogP contribution < -0.4 is 5.32 Å². The third kappa shape index (κ3) is 2.70. The Balaban J connectivity index is 2.88. The van der Waals surface area contributed by atoms with E-state index in [0.717, 1.165) is 6.07 Å². The number of nitrogens with one attached hydrogen (secondary N) is 1. The smallest absolute Gasteiger partial charge is 0.258 e. The van der Waals surface area contributed by atoms with E-state index in [1.807, 2.05) is 0 Å². The quantitative estimate of drug-likeness (QED) is 0.719. The molecule has 88 valence electrons. The lowest BCUT2D eigenvalue weighted by Crippen LogP contribution is -2.37. The molecule has 1 aromatic rings. The number of rotatable bonds is 4. The average Bonchev–Trinajstić information content (AvgIpc) is 2.25. The third-order valence-electron chi connectivity index (χ3n) is 2.27. The van der Waals surface area contributed by atoms with Crippen molar-refractivity contribution in [1.82, 2.24) is 5.32 Å². The predicted octanol–water partition coefficient (Wildman–Crippen LogP) is 1.03. The zero-order valence-corrected chi connectivity index (χ0v) is 8.90. The maximum absolute atomic E-state index is 13.3. The van der Waals surface area contributed by atoms with Crippen molar-refractivity contribution in [3.63, 3.8) is 0 Å².